The van der Waals surface area contributed by atoms with Gasteiger partial charge in [-0.3, -0.25) is 3.79 Å². The Balaban J connectivity index is 1.87. The van der Waals surface area contributed by atoms with Gasteiger partial charge in [-0.15, -0.1) is 0 Å². The quantitative estimate of drug-likeness (QED) is 0.510. The lowest BCUT2D eigenvalue weighted by Crippen LogP contribution is -2.13. The fraction of sp³-hybridized carbons (Fsp3) is 0.333. The monoisotopic (exact) mass is 350 g/mol. The van der Waals surface area contributed by atoms with Crippen LogP contribution < -0.4 is 4.74 Å². The first kappa shape index (κ1) is 15.2. The van der Waals surface area contributed by atoms with Crippen molar-refractivity contribution < 1.29 is 4.74 Å². The molecule has 1 aliphatic rings. The molecule has 3 nitrogen and oxygen atoms in total. The summed E-state index contributed by atoms with van der Waals surface area (Å²) < 4.78 is 9.59. The summed E-state index contributed by atoms with van der Waals surface area (Å²) in [6.45, 7) is 5.07. The lowest BCUT2D eigenvalue weighted by molar-refractivity contribution is 0.340. The molecule has 1 fully saturated rings. The highest BCUT2D eigenvalue weighted by Crippen LogP contribution is 2.43. The van der Waals surface area contributed by atoms with Crippen LogP contribution >= 0.6 is 11.5 Å². The van der Waals surface area contributed by atoms with E-state index < -0.39 is 0 Å². The van der Waals surface area contributed by atoms with E-state index >= 15 is 0 Å². The molecule has 4 aromatic rings. The van der Waals surface area contributed by atoms with Crippen molar-refractivity contribution in [2.24, 2.45) is 0 Å². The van der Waals surface area contributed by atoms with Crippen LogP contribution in [-0.4, -0.2) is 35.4 Å². The predicted octanol–water partition coefficient (Wildman–Crippen LogP) is 5.13. The zero-order chi connectivity index (χ0) is 17.0. The zero-order valence-electron chi connectivity index (χ0n) is 14.7. The van der Waals surface area contributed by atoms with Crippen LogP contribution in [0.3, 0.4) is 0 Å². The van der Waals surface area contributed by atoms with Crippen molar-refractivity contribution in [3.8, 4) is 5.75 Å². The number of likely N-dealkylation sites (N-methyl/N-ethyl adjacent to an activating group) is 1. The maximum atomic E-state index is 5.80. The van der Waals surface area contributed by atoms with E-state index in [9.17, 15) is 0 Å². The van der Waals surface area contributed by atoms with Gasteiger partial charge in [0.2, 0.25) is 0 Å². The third-order valence-electron chi connectivity index (χ3n) is 5.38. The highest BCUT2D eigenvalue weighted by Gasteiger charge is 2.28. The number of nitrogens with zero attached hydrogens (tertiary/aromatic N) is 2. The second kappa shape index (κ2) is 5.75. The summed E-state index contributed by atoms with van der Waals surface area (Å²) in [5, 5.41) is 2.74. The minimum atomic E-state index is 0.590. The van der Waals surface area contributed by atoms with Gasteiger partial charge in [0.1, 0.15) is 5.75 Å². The largest absolute Gasteiger partial charge is 0.494 e. The van der Waals surface area contributed by atoms with E-state index in [1.165, 1.54) is 45.0 Å². The highest BCUT2D eigenvalue weighted by atomic mass is 32.1. The fourth-order valence-electron chi connectivity index (χ4n) is 4.30. The molecule has 0 N–H and O–H groups in total. The van der Waals surface area contributed by atoms with Gasteiger partial charge < -0.3 is 9.64 Å². The van der Waals surface area contributed by atoms with Gasteiger partial charge in [-0.2, -0.15) is 0 Å². The standard InChI is InChI=1S/C21H22N2OS/c1-3-24-15-8-9-18-17(12-15)20(14-10-11-22(2)13-14)21-16-6-4-5-7-19(16)25-23(18)21/h4-9,12,14H,3,10-11,13H2,1-2H3/t14-/m0/s1. The van der Waals surface area contributed by atoms with Gasteiger partial charge in [0, 0.05) is 23.2 Å². The summed E-state index contributed by atoms with van der Waals surface area (Å²) in [4.78, 5) is 2.45. The molecule has 0 unspecified atom stereocenters. The Bertz CT molecular complexity index is 1080. The minimum Gasteiger partial charge on any atom is -0.494 e. The normalized spacial score (nSPS) is 18.7. The maximum absolute atomic E-state index is 5.80. The van der Waals surface area contributed by atoms with Crippen molar-refractivity contribution in [2.45, 2.75) is 19.3 Å². The molecular weight excluding hydrogens is 328 g/mol. The van der Waals surface area contributed by atoms with Gasteiger partial charge in [-0.25, -0.2) is 0 Å². The lowest BCUT2D eigenvalue weighted by Gasteiger charge is -2.11. The van der Waals surface area contributed by atoms with Crippen molar-refractivity contribution >= 4 is 38.0 Å². The summed E-state index contributed by atoms with van der Waals surface area (Å²) in [6, 6.07) is 15.4. The van der Waals surface area contributed by atoms with Crippen molar-refractivity contribution in [1.29, 1.82) is 0 Å². The summed E-state index contributed by atoms with van der Waals surface area (Å²) in [6.07, 6.45) is 1.23. The van der Waals surface area contributed by atoms with E-state index in [-0.39, 0.29) is 0 Å². The van der Waals surface area contributed by atoms with Crippen LogP contribution in [0.2, 0.25) is 0 Å². The Morgan fingerprint density at radius 3 is 2.84 bits per heavy atom. The molecule has 2 aromatic heterocycles. The van der Waals surface area contributed by atoms with Crippen molar-refractivity contribution in [1.82, 2.24) is 8.69 Å². The summed E-state index contributed by atoms with van der Waals surface area (Å²) >= 11 is 1.85. The van der Waals surface area contributed by atoms with Gasteiger partial charge in [0.15, 0.2) is 0 Å². The lowest BCUT2D eigenvalue weighted by atomic mass is 9.95. The third-order valence-corrected chi connectivity index (χ3v) is 6.49. The molecule has 1 atom stereocenters. The third kappa shape index (κ3) is 2.28. The molecule has 0 amide bonds. The fourth-order valence-corrected chi connectivity index (χ4v) is 5.44. The second-order valence-electron chi connectivity index (χ2n) is 7.00. The van der Waals surface area contributed by atoms with Gasteiger partial charge in [-0.05, 0) is 56.8 Å². The predicted molar refractivity (Wildman–Crippen MR) is 106 cm³/mol. The first-order chi connectivity index (χ1) is 12.3. The highest BCUT2D eigenvalue weighted by molar-refractivity contribution is 7.14. The van der Waals surface area contributed by atoms with Crippen LogP contribution in [0.1, 0.15) is 24.8 Å². The van der Waals surface area contributed by atoms with Gasteiger partial charge in [-0.1, -0.05) is 29.7 Å². The van der Waals surface area contributed by atoms with E-state index in [0.717, 1.165) is 12.3 Å². The maximum Gasteiger partial charge on any atom is 0.120 e. The number of fused-ring (bicyclic) bond motifs is 5. The van der Waals surface area contributed by atoms with E-state index in [0.29, 0.717) is 12.5 Å². The Morgan fingerprint density at radius 1 is 1.16 bits per heavy atom. The Labute approximate surface area is 151 Å². The van der Waals surface area contributed by atoms with Crippen LogP contribution in [-0.2, 0) is 0 Å². The molecule has 5 rings (SSSR count). The van der Waals surface area contributed by atoms with Gasteiger partial charge in [0.25, 0.3) is 0 Å². The molecule has 3 heterocycles. The summed E-state index contributed by atoms with van der Waals surface area (Å²) in [5.74, 6) is 1.57. The van der Waals surface area contributed by atoms with Crippen LogP contribution in [0, 0.1) is 0 Å². The van der Waals surface area contributed by atoms with Crippen molar-refractivity contribution in [2.75, 3.05) is 26.7 Å². The molecule has 2 aromatic carbocycles. The summed E-state index contributed by atoms with van der Waals surface area (Å²) in [7, 11) is 2.23. The van der Waals surface area contributed by atoms with Gasteiger partial charge in [0.05, 0.1) is 22.3 Å². The van der Waals surface area contributed by atoms with Crippen LogP contribution in [0.15, 0.2) is 42.5 Å². The first-order valence-corrected chi connectivity index (χ1v) is 9.81. The van der Waals surface area contributed by atoms with Crippen LogP contribution in [0.4, 0.5) is 0 Å². The van der Waals surface area contributed by atoms with Crippen molar-refractivity contribution in [3.63, 3.8) is 0 Å². The second-order valence-corrected chi connectivity index (χ2v) is 7.99. The molecule has 128 valence electrons. The number of aromatic nitrogens is 1. The van der Waals surface area contributed by atoms with Crippen molar-refractivity contribution in [3.05, 3.63) is 48.0 Å². The molecule has 0 spiro atoms. The molecule has 0 bridgehead atoms. The smallest absolute Gasteiger partial charge is 0.120 e. The number of benzene rings is 2. The minimum absolute atomic E-state index is 0.590. The Kier molecular flexibility index (Phi) is 3.50. The molecule has 25 heavy (non-hydrogen) atoms. The SMILES string of the molecule is CCOc1ccc2c(c1)c([C@H]1CCN(C)C1)c1c3ccccc3sn21. The van der Waals surface area contributed by atoms with E-state index in [1.54, 1.807) is 0 Å². The average molecular weight is 350 g/mol. The summed E-state index contributed by atoms with van der Waals surface area (Å²) in [5.41, 5.74) is 4.23. The molecule has 0 radical (unpaired) electrons. The topological polar surface area (TPSA) is 16.9 Å². The van der Waals surface area contributed by atoms with E-state index in [4.69, 9.17) is 4.74 Å². The van der Waals surface area contributed by atoms with E-state index in [2.05, 4.69) is 58.2 Å². The molecule has 1 aliphatic heterocycles. The number of rotatable bonds is 3. The average Bonchev–Trinajstić information content (AvgIpc) is 3.28. The van der Waals surface area contributed by atoms with Crippen LogP contribution in [0.5, 0.6) is 5.75 Å². The molecular formula is C21H22N2OS. The van der Waals surface area contributed by atoms with Gasteiger partial charge >= 0.3 is 0 Å². The molecule has 4 heteroatoms. The Hall–Kier alpha value is -2.04. The first-order valence-electron chi connectivity index (χ1n) is 9.03. The number of hydrogen-bond acceptors (Lipinski definition) is 3. The molecule has 0 aliphatic carbocycles. The Morgan fingerprint density at radius 2 is 2.04 bits per heavy atom. The van der Waals surface area contributed by atoms with Crippen LogP contribution in [0.25, 0.3) is 26.5 Å². The molecule has 1 saturated heterocycles. The number of hydrogen-bond donors (Lipinski definition) is 0. The zero-order valence-corrected chi connectivity index (χ0v) is 15.5. The number of likely N-dealkylation sites (tertiary alicyclic amines) is 1. The molecule has 0 saturated carbocycles. The van der Waals surface area contributed by atoms with E-state index in [1.807, 2.05) is 18.5 Å². The number of ether oxygens (including phenoxy) is 1.